The first-order chi connectivity index (χ1) is 9.72. The fourth-order valence-electron chi connectivity index (χ4n) is 1.89. The normalized spacial score (nSPS) is 10.4. The number of rotatable bonds is 2. The fraction of sp³-hybridized carbons (Fsp3) is 0. The Balaban J connectivity index is 1.79. The van der Waals surface area contributed by atoms with Crippen LogP contribution in [0.5, 0.6) is 5.75 Å². The molecule has 0 saturated heterocycles. The zero-order chi connectivity index (χ0) is 13.9. The number of carbonyl (C=O) groups is 1. The van der Waals surface area contributed by atoms with Crippen molar-refractivity contribution in [1.82, 2.24) is 10.2 Å². The maximum atomic E-state index is 11.9. The van der Waals surface area contributed by atoms with Crippen molar-refractivity contribution >= 4 is 28.4 Å². The molecule has 0 aliphatic heterocycles. The number of phenolic OH excluding ortho intramolecular Hbond substituents is 1. The summed E-state index contributed by atoms with van der Waals surface area (Å²) in [5, 5.41) is 22.2. The summed E-state index contributed by atoms with van der Waals surface area (Å²) < 4.78 is 0. The Hall–Kier alpha value is -3.02. The smallest absolute Gasteiger partial charge is 0.324 e. The minimum Gasteiger partial charge on any atom is -0.508 e. The molecule has 0 aliphatic carbocycles. The second kappa shape index (κ2) is 4.93. The van der Waals surface area contributed by atoms with E-state index >= 15 is 0 Å². The van der Waals surface area contributed by atoms with Gasteiger partial charge in [-0.1, -0.05) is 18.2 Å². The van der Waals surface area contributed by atoms with Gasteiger partial charge in [0.05, 0.1) is 5.52 Å². The SMILES string of the molecule is O=C(Nc1ccccc1)Nc1n[nH]c2ccc(O)cc12. The van der Waals surface area contributed by atoms with Crippen LogP contribution in [0.15, 0.2) is 48.5 Å². The van der Waals surface area contributed by atoms with Crippen LogP contribution in [0.1, 0.15) is 0 Å². The van der Waals surface area contributed by atoms with Crippen LogP contribution in [-0.2, 0) is 0 Å². The molecular weight excluding hydrogens is 256 g/mol. The minimum atomic E-state index is -0.395. The van der Waals surface area contributed by atoms with Crippen molar-refractivity contribution in [3.05, 3.63) is 48.5 Å². The lowest BCUT2D eigenvalue weighted by molar-refractivity contribution is 0.262. The molecule has 100 valence electrons. The number of carbonyl (C=O) groups excluding carboxylic acids is 1. The molecule has 2 amide bonds. The summed E-state index contributed by atoms with van der Waals surface area (Å²) in [7, 11) is 0. The van der Waals surface area contributed by atoms with Crippen molar-refractivity contribution in [2.45, 2.75) is 0 Å². The number of anilines is 2. The fourth-order valence-corrected chi connectivity index (χ4v) is 1.89. The topological polar surface area (TPSA) is 90.0 Å². The van der Waals surface area contributed by atoms with E-state index in [0.717, 1.165) is 5.52 Å². The predicted octanol–water partition coefficient (Wildman–Crippen LogP) is 2.91. The first kappa shape index (κ1) is 12.0. The Morgan fingerprint density at radius 1 is 1.10 bits per heavy atom. The summed E-state index contributed by atoms with van der Waals surface area (Å²) in [5.74, 6) is 0.481. The highest BCUT2D eigenvalue weighted by Crippen LogP contribution is 2.24. The van der Waals surface area contributed by atoms with Gasteiger partial charge in [-0.2, -0.15) is 5.10 Å². The number of aromatic hydroxyl groups is 1. The maximum Gasteiger partial charge on any atom is 0.324 e. The van der Waals surface area contributed by atoms with E-state index in [4.69, 9.17) is 0 Å². The van der Waals surface area contributed by atoms with E-state index in [2.05, 4.69) is 20.8 Å². The Kier molecular flexibility index (Phi) is 2.96. The second-order valence-electron chi connectivity index (χ2n) is 4.25. The number of fused-ring (bicyclic) bond motifs is 1. The van der Waals surface area contributed by atoms with Crippen molar-refractivity contribution < 1.29 is 9.90 Å². The van der Waals surface area contributed by atoms with Crippen LogP contribution in [0, 0.1) is 0 Å². The van der Waals surface area contributed by atoms with Crippen LogP contribution in [0.2, 0.25) is 0 Å². The van der Waals surface area contributed by atoms with Crippen LogP contribution in [0.4, 0.5) is 16.3 Å². The first-order valence-electron chi connectivity index (χ1n) is 6.02. The van der Waals surface area contributed by atoms with Crippen LogP contribution >= 0.6 is 0 Å². The van der Waals surface area contributed by atoms with Gasteiger partial charge in [0, 0.05) is 11.1 Å². The zero-order valence-corrected chi connectivity index (χ0v) is 10.4. The van der Waals surface area contributed by atoms with Gasteiger partial charge in [-0.15, -0.1) is 0 Å². The number of aromatic nitrogens is 2. The van der Waals surface area contributed by atoms with Crippen LogP contribution in [-0.4, -0.2) is 21.3 Å². The van der Waals surface area contributed by atoms with E-state index in [-0.39, 0.29) is 5.75 Å². The molecule has 0 unspecified atom stereocenters. The highest BCUT2D eigenvalue weighted by atomic mass is 16.3. The summed E-state index contributed by atoms with van der Waals surface area (Å²) in [6.45, 7) is 0. The van der Waals surface area contributed by atoms with Gasteiger partial charge in [0.1, 0.15) is 5.75 Å². The Bertz CT molecular complexity index is 752. The molecule has 0 aliphatic rings. The van der Waals surface area contributed by atoms with E-state index in [1.165, 1.54) is 6.07 Å². The highest BCUT2D eigenvalue weighted by molar-refractivity contribution is 6.04. The number of urea groups is 1. The average Bonchev–Trinajstić information content (AvgIpc) is 2.82. The monoisotopic (exact) mass is 268 g/mol. The molecule has 0 saturated carbocycles. The van der Waals surface area contributed by atoms with Gasteiger partial charge < -0.3 is 10.4 Å². The Morgan fingerprint density at radius 2 is 1.90 bits per heavy atom. The van der Waals surface area contributed by atoms with Crippen molar-refractivity contribution in [2.75, 3.05) is 10.6 Å². The number of hydrogen-bond donors (Lipinski definition) is 4. The summed E-state index contributed by atoms with van der Waals surface area (Å²) in [6, 6.07) is 13.5. The first-order valence-corrected chi connectivity index (χ1v) is 6.02. The number of nitrogens with one attached hydrogen (secondary N) is 3. The van der Waals surface area contributed by atoms with Crippen LogP contribution < -0.4 is 10.6 Å². The standard InChI is InChI=1S/C14H12N4O2/c19-10-6-7-12-11(8-10)13(18-17-12)16-14(20)15-9-4-2-1-3-5-9/h1-8,19H,(H3,15,16,17,18,20). The lowest BCUT2D eigenvalue weighted by atomic mass is 10.2. The molecule has 0 bridgehead atoms. The van der Waals surface area contributed by atoms with Gasteiger partial charge in [-0.3, -0.25) is 10.4 Å². The molecule has 2 aromatic carbocycles. The van der Waals surface area contributed by atoms with Crippen molar-refractivity contribution in [1.29, 1.82) is 0 Å². The third kappa shape index (κ3) is 2.39. The number of benzene rings is 2. The predicted molar refractivity (Wildman–Crippen MR) is 76.8 cm³/mol. The summed E-state index contributed by atoms with van der Waals surface area (Å²) in [5.41, 5.74) is 1.42. The van der Waals surface area contributed by atoms with E-state index in [1.54, 1.807) is 24.3 Å². The van der Waals surface area contributed by atoms with Crippen LogP contribution in [0.3, 0.4) is 0 Å². The summed E-state index contributed by atoms with van der Waals surface area (Å²) >= 11 is 0. The molecule has 3 rings (SSSR count). The largest absolute Gasteiger partial charge is 0.508 e. The zero-order valence-electron chi connectivity index (χ0n) is 10.4. The number of aromatic amines is 1. The van der Waals surface area contributed by atoms with Crippen molar-refractivity contribution in [3.63, 3.8) is 0 Å². The minimum absolute atomic E-state index is 0.116. The number of H-pyrrole nitrogens is 1. The van der Waals surface area contributed by atoms with E-state index in [9.17, 15) is 9.90 Å². The molecule has 6 nitrogen and oxygen atoms in total. The molecule has 0 radical (unpaired) electrons. The van der Waals surface area contributed by atoms with E-state index < -0.39 is 6.03 Å². The lowest BCUT2D eigenvalue weighted by Crippen LogP contribution is -2.19. The van der Waals surface area contributed by atoms with Crippen molar-refractivity contribution in [3.8, 4) is 5.75 Å². The van der Waals surface area contributed by atoms with Gasteiger partial charge in [0.2, 0.25) is 0 Å². The number of amides is 2. The van der Waals surface area contributed by atoms with E-state index in [1.807, 2.05) is 18.2 Å². The number of para-hydroxylation sites is 1. The number of hydrogen-bond acceptors (Lipinski definition) is 3. The Morgan fingerprint density at radius 3 is 2.70 bits per heavy atom. The third-order valence-corrected chi connectivity index (χ3v) is 2.81. The molecule has 6 heteroatoms. The molecule has 20 heavy (non-hydrogen) atoms. The molecule has 0 spiro atoms. The average molecular weight is 268 g/mol. The van der Waals surface area contributed by atoms with Gasteiger partial charge in [-0.25, -0.2) is 4.79 Å². The second-order valence-corrected chi connectivity index (χ2v) is 4.25. The summed E-state index contributed by atoms with van der Waals surface area (Å²) in [4.78, 5) is 11.9. The number of nitrogens with zero attached hydrogens (tertiary/aromatic N) is 1. The van der Waals surface area contributed by atoms with Gasteiger partial charge in [0.25, 0.3) is 0 Å². The lowest BCUT2D eigenvalue weighted by Gasteiger charge is -2.05. The molecule has 1 heterocycles. The third-order valence-electron chi connectivity index (χ3n) is 2.81. The molecule has 1 aromatic heterocycles. The summed E-state index contributed by atoms with van der Waals surface area (Å²) in [6.07, 6.45) is 0. The van der Waals surface area contributed by atoms with Gasteiger partial charge in [-0.05, 0) is 30.3 Å². The molecule has 4 N–H and O–H groups in total. The van der Waals surface area contributed by atoms with Gasteiger partial charge in [0.15, 0.2) is 5.82 Å². The van der Waals surface area contributed by atoms with Gasteiger partial charge >= 0.3 is 6.03 Å². The van der Waals surface area contributed by atoms with E-state index in [0.29, 0.717) is 16.9 Å². The Labute approximate surface area is 114 Å². The molecule has 0 atom stereocenters. The highest BCUT2D eigenvalue weighted by Gasteiger charge is 2.09. The maximum absolute atomic E-state index is 11.9. The molecule has 0 fully saturated rings. The van der Waals surface area contributed by atoms with Crippen molar-refractivity contribution in [2.24, 2.45) is 0 Å². The molecule has 3 aromatic rings. The molecular formula is C14H12N4O2. The number of phenols is 1. The van der Waals surface area contributed by atoms with Crippen LogP contribution in [0.25, 0.3) is 10.9 Å². The quantitative estimate of drug-likeness (QED) is 0.576.